The van der Waals surface area contributed by atoms with Gasteiger partial charge in [0.25, 0.3) is 0 Å². The van der Waals surface area contributed by atoms with E-state index < -0.39 is 0 Å². The van der Waals surface area contributed by atoms with Gasteiger partial charge in [0, 0.05) is 12.2 Å². The van der Waals surface area contributed by atoms with Gasteiger partial charge in [0.1, 0.15) is 0 Å². The first kappa shape index (κ1) is 14.0. The minimum absolute atomic E-state index is 0.600. The van der Waals surface area contributed by atoms with E-state index in [1.165, 1.54) is 11.3 Å². The molecule has 1 aromatic rings. The van der Waals surface area contributed by atoms with E-state index in [1.807, 2.05) is 0 Å². The summed E-state index contributed by atoms with van der Waals surface area (Å²) in [4.78, 5) is 0. The molecule has 0 saturated heterocycles. The maximum Gasteiger partial charge on any atom is 0.0340 e. The average molecular weight is 234 g/mol. The van der Waals surface area contributed by atoms with Gasteiger partial charge >= 0.3 is 0 Å². The SMILES string of the molecule is CC(C)Cc1ccc(NCCC(C)CN)cc1. The molecule has 0 spiro atoms. The van der Waals surface area contributed by atoms with E-state index in [-0.39, 0.29) is 0 Å². The lowest BCUT2D eigenvalue weighted by molar-refractivity contribution is 0.561. The summed E-state index contributed by atoms with van der Waals surface area (Å²) in [5, 5.41) is 3.43. The molecule has 0 aliphatic rings. The summed E-state index contributed by atoms with van der Waals surface area (Å²) in [5.74, 6) is 1.32. The van der Waals surface area contributed by atoms with E-state index in [1.54, 1.807) is 0 Å². The first-order chi connectivity index (χ1) is 8.11. The summed E-state index contributed by atoms with van der Waals surface area (Å²) in [5.41, 5.74) is 8.22. The molecule has 0 radical (unpaired) electrons. The number of hydrogen-bond donors (Lipinski definition) is 2. The van der Waals surface area contributed by atoms with Crippen LogP contribution in [0.15, 0.2) is 24.3 Å². The Bertz CT molecular complexity index is 303. The Morgan fingerprint density at radius 3 is 2.29 bits per heavy atom. The number of rotatable bonds is 7. The molecule has 1 aromatic carbocycles. The van der Waals surface area contributed by atoms with Crippen LogP contribution in [0.2, 0.25) is 0 Å². The van der Waals surface area contributed by atoms with E-state index >= 15 is 0 Å². The van der Waals surface area contributed by atoms with Gasteiger partial charge in [-0.05, 0) is 48.9 Å². The van der Waals surface area contributed by atoms with E-state index in [0.29, 0.717) is 5.92 Å². The molecule has 2 heteroatoms. The van der Waals surface area contributed by atoms with Crippen LogP contribution in [-0.2, 0) is 6.42 Å². The largest absolute Gasteiger partial charge is 0.385 e. The third kappa shape index (κ3) is 5.73. The molecule has 0 bridgehead atoms. The van der Waals surface area contributed by atoms with Crippen molar-refractivity contribution in [2.45, 2.75) is 33.6 Å². The fourth-order valence-corrected chi connectivity index (χ4v) is 1.81. The van der Waals surface area contributed by atoms with Crippen LogP contribution >= 0.6 is 0 Å². The lowest BCUT2D eigenvalue weighted by Crippen LogP contribution is -2.14. The molecule has 0 saturated carbocycles. The van der Waals surface area contributed by atoms with E-state index in [2.05, 4.69) is 50.4 Å². The molecule has 96 valence electrons. The van der Waals surface area contributed by atoms with Gasteiger partial charge in [-0.3, -0.25) is 0 Å². The standard InChI is InChI=1S/C15H26N2/c1-12(2)10-14-4-6-15(7-5-14)17-9-8-13(3)11-16/h4-7,12-13,17H,8-11,16H2,1-3H3. The predicted octanol–water partition coefficient (Wildman–Crippen LogP) is 3.28. The predicted molar refractivity (Wildman–Crippen MR) is 76.3 cm³/mol. The van der Waals surface area contributed by atoms with Crippen LogP contribution < -0.4 is 11.1 Å². The van der Waals surface area contributed by atoms with E-state index in [9.17, 15) is 0 Å². The molecule has 0 aliphatic carbocycles. The number of hydrogen-bond acceptors (Lipinski definition) is 2. The van der Waals surface area contributed by atoms with Crippen LogP contribution in [0, 0.1) is 11.8 Å². The molecule has 0 amide bonds. The summed E-state index contributed by atoms with van der Waals surface area (Å²) in [7, 11) is 0. The Morgan fingerprint density at radius 1 is 1.12 bits per heavy atom. The molecule has 1 rings (SSSR count). The van der Waals surface area contributed by atoms with Crippen molar-refractivity contribution in [2.24, 2.45) is 17.6 Å². The zero-order valence-corrected chi connectivity index (χ0v) is 11.4. The van der Waals surface area contributed by atoms with Gasteiger partial charge < -0.3 is 11.1 Å². The second kappa shape index (κ2) is 7.33. The van der Waals surface area contributed by atoms with Crippen LogP contribution in [0.25, 0.3) is 0 Å². The first-order valence-electron chi connectivity index (χ1n) is 6.64. The van der Waals surface area contributed by atoms with Crippen LogP contribution in [0.3, 0.4) is 0 Å². The van der Waals surface area contributed by atoms with Crippen LogP contribution in [-0.4, -0.2) is 13.1 Å². The zero-order valence-electron chi connectivity index (χ0n) is 11.4. The molecule has 0 aliphatic heterocycles. The van der Waals surface area contributed by atoms with Gasteiger partial charge in [-0.2, -0.15) is 0 Å². The Morgan fingerprint density at radius 2 is 1.76 bits per heavy atom. The minimum Gasteiger partial charge on any atom is -0.385 e. The molecular formula is C15H26N2. The van der Waals surface area contributed by atoms with Crippen LogP contribution in [0.1, 0.15) is 32.8 Å². The molecule has 0 heterocycles. The highest BCUT2D eigenvalue weighted by Crippen LogP contribution is 2.13. The monoisotopic (exact) mass is 234 g/mol. The van der Waals surface area contributed by atoms with Crippen molar-refractivity contribution < 1.29 is 0 Å². The smallest absolute Gasteiger partial charge is 0.0340 e. The number of benzene rings is 1. The molecule has 2 nitrogen and oxygen atoms in total. The lowest BCUT2D eigenvalue weighted by atomic mass is 10.0. The molecule has 17 heavy (non-hydrogen) atoms. The second-order valence-corrected chi connectivity index (χ2v) is 5.35. The summed E-state index contributed by atoms with van der Waals surface area (Å²) in [6, 6.07) is 8.78. The van der Waals surface area contributed by atoms with Crippen molar-refractivity contribution >= 4 is 5.69 Å². The van der Waals surface area contributed by atoms with Crippen molar-refractivity contribution in [3.8, 4) is 0 Å². The van der Waals surface area contributed by atoms with Gasteiger partial charge in [0.2, 0.25) is 0 Å². The number of anilines is 1. The summed E-state index contributed by atoms with van der Waals surface area (Å²) >= 11 is 0. The Hall–Kier alpha value is -1.02. The van der Waals surface area contributed by atoms with Gasteiger partial charge in [-0.15, -0.1) is 0 Å². The number of nitrogens with one attached hydrogen (secondary N) is 1. The molecule has 0 aromatic heterocycles. The second-order valence-electron chi connectivity index (χ2n) is 5.35. The third-order valence-corrected chi connectivity index (χ3v) is 2.97. The van der Waals surface area contributed by atoms with Crippen LogP contribution in [0.4, 0.5) is 5.69 Å². The van der Waals surface area contributed by atoms with Gasteiger partial charge in [0.05, 0.1) is 0 Å². The zero-order chi connectivity index (χ0) is 12.7. The lowest BCUT2D eigenvalue weighted by Gasteiger charge is -2.11. The molecule has 1 unspecified atom stereocenters. The summed E-state index contributed by atoms with van der Waals surface area (Å²) in [6.07, 6.45) is 2.29. The Balaban J connectivity index is 2.35. The fourth-order valence-electron chi connectivity index (χ4n) is 1.81. The van der Waals surface area contributed by atoms with Crippen molar-refractivity contribution in [2.75, 3.05) is 18.4 Å². The first-order valence-corrected chi connectivity index (χ1v) is 6.64. The summed E-state index contributed by atoms with van der Waals surface area (Å²) < 4.78 is 0. The topological polar surface area (TPSA) is 38.0 Å². The fraction of sp³-hybridized carbons (Fsp3) is 0.600. The van der Waals surface area contributed by atoms with Gasteiger partial charge in [-0.1, -0.05) is 32.9 Å². The van der Waals surface area contributed by atoms with Gasteiger partial charge in [-0.25, -0.2) is 0 Å². The maximum absolute atomic E-state index is 5.59. The van der Waals surface area contributed by atoms with Crippen molar-refractivity contribution in [3.63, 3.8) is 0 Å². The van der Waals surface area contributed by atoms with Crippen LogP contribution in [0.5, 0.6) is 0 Å². The molecule has 1 atom stereocenters. The molecule has 0 fully saturated rings. The molecular weight excluding hydrogens is 208 g/mol. The highest BCUT2D eigenvalue weighted by molar-refractivity contribution is 5.44. The van der Waals surface area contributed by atoms with Gasteiger partial charge in [0.15, 0.2) is 0 Å². The highest BCUT2D eigenvalue weighted by Gasteiger charge is 2.00. The normalized spacial score (nSPS) is 12.8. The number of nitrogens with two attached hydrogens (primary N) is 1. The average Bonchev–Trinajstić information content (AvgIpc) is 2.30. The highest BCUT2D eigenvalue weighted by atomic mass is 14.9. The van der Waals surface area contributed by atoms with Crippen molar-refractivity contribution in [3.05, 3.63) is 29.8 Å². The van der Waals surface area contributed by atoms with E-state index in [0.717, 1.165) is 31.8 Å². The third-order valence-electron chi connectivity index (χ3n) is 2.97. The maximum atomic E-state index is 5.59. The van der Waals surface area contributed by atoms with Crippen molar-refractivity contribution in [1.29, 1.82) is 0 Å². The Kier molecular flexibility index (Phi) is 6.06. The summed E-state index contributed by atoms with van der Waals surface area (Å²) in [6.45, 7) is 8.46. The van der Waals surface area contributed by atoms with E-state index in [4.69, 9.17) is 5.73 Å². The minimum atomic E-state index is 0.600. The Labute approximate surface area is 106 Å². The molecule has 3 N–H and O–H groups in total. The quantitative estimate of drug-likeness (QED) is 0.760. The van der Waals surface area contributed by atoms with Crippen molar-refractivity contribution in [1.82, 2.24) is 0 Å².